The monoisotopic (exact) mass is 313 g/mol. The molecule has 1 aliphatic rings. The van der Waals surface area contributed by atoms with E-state index < -0.39 is 17.0 Å². The summed E-state index contributed by atoms with van der Waals surface area (Å²) in [5.74, 6) is -1.06. The van der Waals surface area contributed by atoms with Gasteiger partial charge in [0.2, 0.25) is 5.91 Å². The number of hydrogen-bond acceptors (Lipinski definition) is 3. The molecule has 0 heterocycles. The average Bonchev–Trinajstić information content (AvgIpc) is 2.46. The summed E-state index contributed by atoms with van der Waals surface area (Å²) >= 11 is 0. The van der Waals surface area contributed by atoms with Gasteiger partial charge in [0.15, 0.2) is 0 Å². The minimum atomic E-state index is -0.962. The van der Waals surface area contributed by atoms with Gasteiger partial charge in [-0.15, -0.1) is 0 Å². The highest BCUT2D eigenvalue weighted by molar-refractivity contribution is 5.79. The van der Waals surface area contributed by atoms with Crippen molar-refractivity contribution in [1.82, 2.24) is 5.32 Å². The Morgan fingerprint density at radius 3 is 2.09 bits per heavy atom. The highest BCUT2D eigenvalue weighted by atomic mass is 16.4. The van der Waals surface area contributed by atoms with Crippen LogP contribution < -0.4 is 5.32 Å². The molecular formula is C17H31NO4. The van der Waals surface area contributed by atoms with Gasteiger partial charge in [0, 0.05) is 6.54 Å². The molecule has 0 bridgehead atoms. The molecule has 0 spiro atoms. The predicted molar refractivity (Wildman–Crippen MR) is 85.5 cm³/mol. The van der Waals surface area contributed by atoms with Crippen LogP contribution in [0.1, 0.15) is 78.1 Å². The second kappa shape index (κ2) is 8.51. The molecule has 0 saturated heterocycles. The van der Waals surface area contributed by atoms with Crippen molar-refractivity contribution in [2.75, 3.05) is 6.54 Å². The van der Waals surface area contributed by atoms with E-state index in [9.17, 15) is 19.8 Å². The predicted octanol–water partition coefficient (Wildman–Crippen LogP) is 2.86. The number of carboxylic acids is 1. The van der Waals surface area contributed by atoms with Gasteiger partial charge in [0.25, 0.3) is 0 Å². The third kappa shape index (κ3) is 5.27. The zero-order valence-electron chi connectivity index (χ0n) is 14.0. The van der Waals surface area contributed by atoms with E-state index in [1.807, 2.05) is 13.8 Å². The molecule has 0 aromatic rings. The van der Waals surface area contributed by atoms with Gasteiger partial charge >= 0.3 is 5.97 Å². The molecule has 1 aliphatic carbocycles. The van der Waals surface area contributed by atoms with Crippen molar-refractivity contribution in [1.29, 1.82) is 0 Å². The molecule has 5 heteroatoms. The van der Waals surface area contributed by atoms with Crippen LogP contribution in [0.3, 0.4) is 0 Å². The fourth-order valence-electron chi connectivity index (χ4n) is 3.56. The SMILES string of the molecule is CCCC(O)(CCC)CC(=O)NCC1(C(=O)O)CCCCC1. The Morgan fingerprint density at radius 1 is 1.09 bits per heavy atom. The molecule has 0 unspecified atom stereocenters. The van der Waals surface area contributed by atoms with Crippen LogP contribution in [0, 0.1) is 5.41 Å². The summed E-state index contributed by atoms with van der Waals surface area (Å²) in [4.78, 5) is 23.7. The van der Waals surface area contributed by atoms with Crippen LogP contribution in [0.15, 0.2) is 0 Å². The molecular weight excluding hydrogens is 282 g/mol. The van der Waals surface area contributed by atoms with Crippen LogP contribution in [0.4, 0.5) is 0 Å². The highest BCUT2D eigenvalue weighted by Gasteiger charge is 2.40. The molecule has 1 saturated carbocycles. The molecule has 0 aliphatic heterocycles. The summed E-state index contributed by atoms with van der Waals surface area (Å²) in [6, 6.07) is 0. The Labute approximate surface area is 133 Å². The lowest BCUT2D eigenvalue weighted by atomic mass is 9.74. The summed E-state index contributed by atoms with van der Waals surface area (Å²) in [7, 11) is 0. The van der Waals surface area contributed by atoms with E-state index in [1.165, 1.54) is 0 Å². The summed E-state index contributed by atoms with van der Waals surface area (Å²) in [5, 5.41) is 22.8. The van der Waals surface area contributed by atoms with E-state index in [2.05, 4.69) is 5.32 Å². The van der Waals surface area contributed by atoms with E-state index in [0.717, 1.165) is 32.1 Å². The van der Waals surface area contributed by atoms with Crippen LogP contribution >= 0.6 is 0 Å². The number of hydrogen-bond donors (Lipinski definition) is 3. The molecule has 128 valence electrons. The molecule has 22 heavy (non-hydrogen) atoms. The van der Waals surface area contributed by atoms with Gasteiger partial charge in [-0.3, -0.25) is 9.59 Å². The maximum atomic E-state index is 12.2. The summed E-state index contributed by atoms with van der Waals surface area (Å²) in [6.45, 7) is 4.15. The molecule has 0 atom stereocenters. The van der Waals surface area contributed by atoms with Crippen molar-refractivity contribution in [2.24, 2.45) is 5.41 Å². The number of amides is 1. The number of aliphatic carboxylic acids is 1. The Morgan fingerprint density at radius 2 is 1.64 bits per heavy atom. The minimum absolute atomic E-state index is 0.0599. The fraction of sp³-hybridized carbons (Fsp3) is 0.882. The summed E-state index contributed by atoms with van der Waals surface area (Å²) in [6.07, 6.45) is 7.01. The molecule has 0 radical (unpaired) electrons. The van der Waals surface area contributed by atoms with Gasteiger partial charge in [0.05, 0.1) is 17.4 Å². The lowest BCUT2D eigenvalue weighted by Gasteiger charge is -2.34. The minimum Gasteiger partial charge on any atom is -0.481 e. The number of rotatable bonds is 9. The first-order valence-corrected chi connectivity index (χ1v) is 8.60. The second-order valence-corrected chi connectivity index (χ2v) is 6.82. The van der Waals surface area contributed by atoms with Crippen LogP contribution in [0.5, 0.6) is 0 Å². The first kappa shape index (κ1) is 18.9. The third-order valence-corrected chi connectivity index (χ3v) is 4.81. The van der Waals surface area contributed by atoms with Gasteiger partial charge in [-0.25, -0.2) is 0 Å². The second-order valence-electron chi connectivity index (χ2n) is 6.82. The van der Waals surface area contributed by atoms with Crippen LogP contribution in [-0.4, -0.2) is 34.2 Å². The summed E-state index contributed by atoms with van der Waals surface area (Å²) < 4.78 is 0. The highest BCUT2D eigenvalue weighted by Crippen LogP contribution is 2.36. The standard InChI is InChI=1S/C17H31NO4/c1-3-8-17(22,9-4-2)12-14(19)18-13-16(15(20)21)10-6-5-7-11-16/h22H,3-13H2,1-2H3,(H,18,19)(H,20,21). The van der Waals surface area contributed by atoms with Crippen molar-refractivity contribution in [2.45, 2.75) is 83.7 Å². The van der Waals surface area contributed by atoms with E-state index in [-0.39, 0.29) is 18.9 Å². The quantitative estimate of drug-likeness (QED) is 0.611. The number of carbonyl (C=O) groups is 2. The van der Waals surface area contributed by atoms with E-state index in [4.69, 9.17) is 0 Å². The van der Waals surface area contributed by atoms with Gasteiger partial charge in [-0.1, -0.05) is 46.0 Å². The zero-order chi connectivity index (χ0) is 16.6. The number of carboxylic acid groups (broad SMARTS) is 1. The zero-order valence-corrected chi connectivity index (χ0v) is 14.0. The van der Waals surface area contributed by atoms with Gasteiger partial charge in [-0.2, -0.15) is 0 Å². The molecule has 5 nitrogen and oxygen atoms in total. The van der Waals surface area contributed by atoms with E-state index >= 15 is 0 Å². The van der Waals surface area contributed by atoms with Crippen molar-refractivity contribution in [3.8, 4) is 0 Å². The van der Waals surface area contributed by atoms with Gasteiger partial charge in [-0.05, 0) is 25.7 Å². The van der Waals surface area contributed by atoms with Gasteiger partial charge in [0.1, 0.15) is 0 Å². The maximum Gasteiger partial charge on any atom is 0.311 e. The van der Waals surface area contributed by atoms with Crippen molar-refractivity contribution in [3.63, 3.8) is 0 Å². The van der Waals surface area contributed by atoms with Crippen LogP contribution in [-0.2, 0) is 9.59 Å². The number of carbonyl (C=O) groups excluding carboxylic acids is 1. The summed E-state index contributed by atoms with van der Waals surface area (Å²) in [5.41, 5.74) is -1.78. The Balaban J connectivity index is 2.58. The Hall–Kier alpha value is -1.10. The third-order valence-electron chi connectivity index (χ3n) is 4.81. The lowest BCUT2D eigenvalue weighted by Crippen LogP contribution is -2.46. The van der Waals surface area contributed by atoms with Crippen molar-refractivity contribution < 1.29 is 19.8 Å². The molecule has 1 rings (SSSR count). The average molecular weight is 313 g/mol. The fourth-order valence-corrected chi connectivity index (χ4v) is 3.56. The first-order chi connectivity index (χ1) is 10.4. The molecule has 1 amide bonds. The number of aliphatic hydroxyl groups is 1. The van der Waals surface area contributed by atoms with Crippen LogP contribution in [0.2, 0.25) is 0 Å². The lowest BCUT2D eigenvalue weighted by molar-refractivity contribution is -0.151. The van der Waals surface area contributed by atoms with Gasteiger partial charge < -0.3 is 15.5 Å². The normalized spacial score (nSPS) is 18.0. The smallest absolute Gasteiger partial charge is 0.311 e. The maximum absolute atomic E-state index is 12.2. The molecule has 0 aromatic heterocycles. The Bertz CT molecular complexity index is 369. The van der Waals surface area contributed by atoms with Crippen molar-refractivity contribution in [3.05, 3.63) is 0 Å². The largest absolute Gasteiger partial charge is 0.481 e. The molecule has 3 N–H and O–H groups in total. The molecule has 0 aromatic carbocycles. The molecule has 1 fully saturated rings. The topological polar surface area (TPSA) is 86.6 Å². The van der Waals surface area contributed by atoms with Crippen molar-refractivity contribution >= 4 is 11.9 Å². The first-order valence-electron chi connectivity index (χ1n) is 8.60. The van der Waals surface area contributed by atoms with Crippen LogP contribution in [0.25, 0.3) is 0 Å². The Kier molecular flexibility index (Phi) is 7.33. The van der Waals surface area contributed by atoms with E-state index in [0.29, 0.717) is 25.7 Å². The number of nitrogens with one attached hydrogen (secondary N) is 1. The van der Waals surface area contributed by atoms with E-state index in [1.54, 1.807) is 0 Å².